The molecule has 1 aromatic rings. The Morgan fingerprint density at radius 3 is 2.21 bits per heavy atom. The third kappa shape index (κ3) is 4.03. The van der Waals surface area contributed by atoms with Gasteiger partial charge in [-0.1, -0.05) is 25.7 Å². The predicted molar refractivity (Wildman–Crippen MR) is 95.6 cm³/mol. The average Bonchev–Trinajstić information content (AvgIpc) is 3.39. The summed E-state index contributed by atoms with van der Waals surface area (Å²) in [6.07, 6.45) is 10.3. The first-order valence-electron chi connectivity index (χ1n) is 9.26. The number of carbonyl (C=O) groups is 1. The molecule has 1 amide bonds. The largest absolute Gasteiger partial charge is 0.504 e. The standard InChI is InChI=1S/C20H29NO3/c1-13(22)21-17-11-12-18(23)20(24-2)19(17)16-9-7-15(8-10-16)6-5-14-3-4-14/h11-12,14-16,23H,3-10H2,1-2H3,(H,21,22). The highest BCUT2D eigenvalue weighted by molar-refractivity contribution is 5.90. The Balaban J connectivity index is 1.72. The SMILES string of the molecule is COc1c(O)ccc(NC(C)=O)c1C1CCC(CCC2CC2)CC1. The summed E-state index contributed by atoms with van der Waals surface area (Å²) in [6.45, 7) is 1.51. The van der Waals surface area contributed by atoms with Gasteiger partial charge in [-0.25, -0.2) is 0 Å². The van der Waals surface area contributed by atoms with Gasteiger partial charge in [0.15, 0.2) is 11.5 Å². The molecular formula is C20H29NO3. The highest BCUT2D eigenvalue weighted by Crippen LogP contribution is 2.47. The monoisotopic (exact) mass is 331 g/mol. The number of ether oxygens (including phenoxy) is 1. The van der Waals surface area contributed by atoms with Crippen LogP contribution in [0.15, 0.2) is 12.1 Å². The van der Waals surface area contributed by atoms with Gasteiger partial charge >= 0.3 is 0 Å². The van der Waals surface area contributed by atoms with Gasteiger partial charge in [-0.2, -0.15) is 0 Å². The maximum atomic E-state index is 11.5. The van der Waals surface area contributed by atoms with Gasteiger partial charge in [-0.05, 0) is 55.6 Å². The van der Waals surface area contributed by atoms with E-state index in [2.05, 4.69) is 5.32 Å². The Morgan fingerprint density at radius 1 is 1.12 bits per heavy atom. The molecule has 0 heterocycles. The van der Waals surface area contributed by atoms with Crippen LogP contribution in [0, 0.1) is 11.8 Å². The number of nitrogens with one attached hydrogen (secondary N) is 1. The van der Waals surface area contributed by atoms with E-state index in [0.717, 1.165) is 35.9 Å². The molecule has 3 rings (SSSR count). The van der Waals surface area contributed by atoms with Crippen molar-refractivity contribution in [1.82, 2.24) is 0 Å². The number of phenols is 1. The number of anilines is 1. The number of phenolic OH excluding ortho intramolecular Hbond substituents is 1. The zero-order chi connectivity index (χ0) is 17.1. The molecule has 0 saturated heterocycles. The number of carbonyl (C=O) groups excluding carboxylic acids is 1. The Hall–Kier alpha value is -1.71. The summed E-state index contributed by atoms with van der Waals surface area (Å²) in [7, 11) is 1.58. The lowest BCUT2D eigenvalue weighted by Gasteiger charge is -2.31. The molecule has 2 saturated carbocycles. The number of rotatable bonds is 6. The van der Waals surface area contributed by atoms with Crippen LogP contribution in [-0.4, -0.2) is 18.1 Å². The van der Waals surface area contributed by atoms with Crippen molar-refractivity contribution in [3.8, 4) is 11.5 Å². The van der Waals surface area contributed by atoms with Crippen molar-refractivity contribution in [2.24, 2.45) is 11.8 Å². The van der Waals surface area contributed by atoms with E-state index in [9.17, 15) is 9.90 Å². The second kappa shape index (κ2) is 7.45. The molecule has 0 unspecified atom stereocenters. The Kier molecular flexibility index (Phi) is 5.32. The van der Waals surface area contributed by atoms with Gasteiger partial charge in [0.25, 0.3) is 0 Å². The van der Waals surface area contributed by atoms with Gasteiger partial charge in [-0.3, -0.25) is 4.79 Å². The topological polar surface area (TPSA) is 58.6 Å². The summed E-state index contributed by atoms with van der Waals surface area (Å²) >= 11 is 0. The van der Waals surface area contributed by atoms with E-state index in [1.165, 1.54) is 45.4 Å². The molecule has 0 aromatic heterocycles. The fourth-order valence-electron chi connectivity index (χ4n) is 4.12. The zero-order valence-corrected chi connectivity index (χ0v) is 14.8. The smallest absolute Gasteiger partial charge is 0.221 e. The summed E-state index contributed by atoms with van der Waals surface area (Å²) in [5.74, 6) is 2.77. The van der Waals surface area contributed by atoms with Crippen LogP contribution in [-0.2, 0) is 4.79 Å². The van der Waals surface area contributed by atoms with Crippen LogP contribution in [0.5, 0.6) is 11.5 Å². The fraction of sp³-hybridized carbons (Fsp3) is 0.650. The third-order valence-corrected chi connectivity index (χ3v) is 5.63. The normalized spacial score (nSPS) is 23.8. The number of benzene rings is 1. The maximum absolute atomic E-state index is 11.5. The number of hydrogen-bond acceptors (Lipinski definition) is 3. The number of hydrogen-bond donors (Lipinski definition) is 2. The summed E-state index contributed by atoms with van der Waals surface area (Å²) in [5, 5.41) is 13.0. The summed E-state index contributed by atoms with van der Waals surface area (Å²) in [5.41, 5.74) is 1.74. The highest BCUT2D eigenvalue weighted by atomic mass is 16.5. The van der Waals surface area contributed by atoms with Crippen LogP contribution >= 0.6 is 0 Å². The van der Waals surface area contributed by atoms with Crippen LogP contribution in [0.1, 0.15) is 69.8 Å². The molecule has 24 heavy (non-hydrogen) atoms. The van der Waals surface area contributed by atoms with E-state index in [1.807, 2.05) is 0 Å². The van der Waals surface area contributed by atoms with E-state index in [4.69, 9.17) is 4.74 Å². The van der Waals surface area contributed by atoms with Crippen LogP contribution in [0.3, 0.4) is 0 Å². The second-order valence-electron chi connectivity index (χ2n) is 7.50. The van der Waals surface area contributed by atoms with Crippen molar-refractivity contribution in [3.63, 3.8) is 0 Å². The molecule has 132 valence electrons. The van der Waals surface area contributed by atoms with Crippen molar-refractivity contribution in [1.29, 1.82) is 0 Å². The molecule has 4 nitrogen and oxygen atoms in total. The van der Waals surface area contributed by atoms with E-state index in [1.54, 1.807) is 19.2 Å². The van der Waals surface area contributed by atoms with Crippen molar-refractivity contribution in [2.75, 3.05) is 12.4 Å². The average molecular weight is 331 g/mol. The predicted octanol–water partition coefficient (Wildman–Crippen LogP) is 4.82. The van der Waals surface area contributed by atoms with Gasteiger partial charge < -0.3 is 15.2 Å². The van der Waals surface area contributed by atoms with Crippen molar-refractivity contribution in [2.45, 2.75) is 64.2 Å². The third-order valence-electron chi connectivity index (χ3n) is 5.63. The minimum Gasteiger partial charge on any atom is -0.504 e. The van der Waals surface area contributed by atoms with Crippen LogP contribution in [0.4, 0.5) is 5.69 Å². The Morgan fingerprint density at radius 2 is 1.71 bits per heavy atom. The first kappa shape index (κ1) is 17.1. The maximum Gasteiger partial charge on any atom is 0.221 e. The number of methoxy groups -OCH3 is 1. The minimum atomic E-state index is -0.0953. The van der Waals surface area contributed by atoms with Crippen molar-refractivity contribution >= 4 is 11.6 Å². The zero-order valence-electron chi connectivity index (χ0n) is 14.8. The fourth-order valence-corrected chi connectivity index (χ4v) is 4.12. The molecule has 0 aliphatic heterocycles. The first-order valence-corrected chi connectivity index (χ1v) is 9.26. The van der Waals surface area contributed by atoms with Crippen LogP contribution in [0.25, 0.3) is 0 Å². The number of amides is 1. The molecule has 0 radical (unpaired) electrons. The Labute approximate surface area is 144 Å². The molecule has 2 aliphatic rings. The molecular weight excluding hydrogens is 302 g/mol. The van der Waals surface area contributed by atoms with E-state index in [-0.39, 0.29) is 11.7 Å². The van der Waals surface area contributed by atoms with E-state index in [0.29, 0.717) is 11.7 Å². The molecule has 2 N–H and O–H groups in total. The molecule has 4 heteroatoms. The molecule has 1 aromatic carbocycles. The van der Waals surface area contributed by atoms with Gasteiger partial charge in [-0.15, -0.1) is 0 Å². The molecule has 0 spiro atoms. The lowest BCUT2D eigenvalue weighted by Crippen LogP contribution is -2.17. The molecule has 2 fully saturated rings. The highest BCUT2D eigenvalue weighted by Gasteiger charge is 2.29. The van der Waals surface area contributed by atoms with Gasteiger partial charge in [0.2, 0.25) is 5.91 Å². The summed E-state index contributed by atoms with van der Waals surface area (Å²) in [6, 6.07) is 3.38. The van der Waals surface area contributed by atoms with E-state index >= 15 is 0 Å². The summed E-state index contributed by atoms with van der Waals surface area (Å²) in [4.78, 5) is 11.5. The lowest BCUT2D eigenvalue weighted by molar-refractivity contribution is -0.114. The van der Waals surface area contributed by atoms with E-state index < -0.39 is 0 Å². The summed E-state index contributed by atoms with van der Waals surface area (Å²) < 4.78 is 5.46. The molecule has 0 bridgehead atoms. The van der Waals surface area contributed by atoms with Crippen LogP contribution in [0.2, 0.25) is 0 Å². The van der Waals surface area contributed by atoms with Gasteiger partial charge in [0, 0.05) is 18.2 Å². The van der Waals surface area contributed by atoms with Crippen LogP contribution < -0.4 is 10.1 Å². The minimum absolute atomic E-state index is 0.0953. The molecule has 2 aliphatic carbocycles. The number of aromatic hydroxyl groups is 1. The van der Waals surface area contributed by atoms with Gasteiger partial charge in [0.1, 0.15) is 0 Å². The van der Waals surface area contributed by atoms with Crippen molar-refractivity contribution < 1.29 is 14.6 Å². The quantitative estimate of drug-likeness (QED) is 0.735. The first-order chi connectivity index (χ1) is 11.6. The Bertz CT molecular complexity index is 587. The second-order valence-corrected chi connectivity index (χ2v) is 7.50. The lowest BCUT2D eigenvalue weighted by atomic mass is 9.76. The van der Waals surface area contributed by atoms with Gasteiger partial charge in [0.05, 0.1) is 7.11 Å². The molecule has 0 atom stereocenters. The van der Waals surface area contributed by atoms with Crippen molar-refractivity contribution in [3.05, 3.63) is 17.7 Å².